The van der Waals surface area contributed by atoms with Crippen LogP contribution in [0.2, 0.25) is 0 Å². The van der Waals surface area contributed by atoms with Crippen molar-refractivity contribution < 1.29 is 9.90 Å². The molecule has 3 nitrogen and oxygen atoms in total. The highest BCUT2D eigenvalue weighted by Gasteiger charge is 2.56. The van der Waals surface area contributed by atoms with E-state index in [1.54, 1.807) is 6.20 Å². The fourth-order valence-electron chi connectivity index (χ4n) is 6.01. The van der Waals surface area contributed by atoms with Gasteiger partial charge < -0.3 is 5.11 Å². The Hall–Kier alpha value is -2.42. The maximum absolute atomic E-state index is 13.3. The summed E-state index contributed by atoms with van der Waals surface area (Å²) >= 11 is 0. The molecule has 4 atom stereocenters. The molecule has 3 aliphatic carbocycles. The summed E-state index contributed by atoms with van der Waals surface area (Å²) in [5, 5.41) is 9.83. The predicted molar refractivity (Wildman–Crippen MR) is 105 cm³/mol. The SMILES string of the molecule is C[C@]12CC[C@@H]3c4ccc(O)cc4CC[C@H]3[C@@H]1CC(=Cc1ccccn1)C2=O. The van der Waals surface area contributed by atoms with Crippen LogP contribution in [-0.4, -0.2) is 15.9 Å². The Morgan fingerprint density at radius 1 is 1.22 bits per heavy atom. The van der Waals surface area contributed by atoms with Gasteiger partial charge in [-0.2, -0.15) is 0 Å². The average molecular weight is 359 g/mol. The second-order valence-electron chi connectivity index (χ2n) is 8.71. The second kappa shape index (κ2) is 6.05. The topological polar surface area (TPSA) is 50.2 Å². The number of aromatic hydroxyl groups is 1. The summed E-state index contributed by atoms with van der Waals surface area (Å²) in [7, 11) is 0. The van der Waals surface area contributed by atoms with Crippen LogP contribution in [0.5, 0.6) is 5.75 Å². The molecule has 1 aromatic carbocycles. The molecule has 0 spiro atoms. The molecule has 1 aromatic heterocycles. The third-order valence-corrected chi connectivity index (χ3v) is 7.36. The summed E-state index contributed by atoms with van der Waals surface area (Å²) in [5.74, 6) is 2.20. The number of carbonyl (C=O) groups excluding carboxylic acids is 1. The molecule has 0 bridgehead atoms. The fourth-order valence-corrected chi connectivity index (χ4v) is 6.01. The van der Waals surface area contributed by atoms with Crippen molar-refractivity contribution in [2.45, 2.75) is 44.9 Å². The molecule has 0 radical (unpaired) electrons. The van der Waals surface area contributed by atoms with Crippen molar-refractivity contribution in [3.63, 3.8) is 0 Å². The molecule has 2 fully saturated rings. The van der Waals surface area contributed by atoms with Gasteiger partial charge in [0.1, 0.15) is 5.75 Å². The highest BCUT2D eigenvalue weighted by molar-refractivity contribution is 6.05. The van der Waals surface area contributed by atoms with E-state index in [0.29, 0.717) is 29.3 Å². The Kier molecular flexibility index (Phi) is 3.75. The number of carbonyl (C=O) groups is 1. The standard InChI is InChI=1S/C24H25NO2/c1-24-10-9-20-19-8-6-18(26)13-15(19)5-7-21(20)22(24)14-16(23(24)27)12-17-4-2-3-11-25-17/h2-4,6,8,11-13,20-22,26H,5,7,9-10,14H2,1H3/t20-,21-,22+,24+/m1/s1. The maximum Gasteiger partial charge on any atom is 0.165 e. The molecular formula is C24H25NO2. The van der Waals surface area contributed by atoms with Gasteiger partial charge in [-0.15, -0.1) is 0 Å². The number of fused-ring (bicyclic) bond motifs is 5. The van der Waals surface area contributed by atoms with Crippen molar-refractivity contribution in [2.75, 3.05) is 0 Å². The largest absolute Gasteiger partial charge is 0.508 e. The van der Waals surface area contributed by atoms with Crippen LogP contribution < -0.4 is 0 Å². The van der Waals surface area contributed by atoms with Crippen molar-refractivity contribution in [3.8, 4) is 5.75 Å². The van der Waals surface area contributed by atoms with Gasteiger partial charge in [0.15, 0.2) is 5.78 Å². The van der Waals surface area contributed by atoms with Gasteiger partial charge in [-0.1, -0.05) is 19.1 Å². The molecule has 2 aromatic rings. The zero-order chi connectivity index (χ0) is 18.6. The number of benzene rings is 1. The van der Waals surface area contributed by atoms with Crippen molar-refractivity contribution in [3.05, 3.63) is 65.0 Å². The normalized spacial score (nSPS) is 33.4. The molecule has 3 heteroatoms. The molecule has 1 N–H and O–H groups in total. The number of phenols is 1. The third-order valence-electron chi connectivity index (χ3n) is 7.36. The average Bonchev–Trinajstić information content (AvgIpc) is 2.93. The number of phenolic OH excluding ortho intramolecular Hbond substituents is 1. The van der Waals surface area contributed by atoms with Crippen LogP contribution in [0.3, 0.4) is 0 Å². The van der Waals surface area contributed by atoms with E-state index in [-0.39, 0.29) is 5.41 Å². The highest BCUT2D eigenvalue weighted by Crippen LogP contribution is 2.60. The number of aryl methyl sites for hydroxylation is 1. The number of Topliss-reactive ketones (excluding diaryl/α,β-unsaturated/α-hetero) is 1. The molecule has 0 amide bonds. The molecule has 2 saturated carbocycles. The quantitative estimate of drug-likeness (QED) is 0.736. The number of hydrogen-bond acceptors (Lipinski definition) is 3. The number of nitrogens with zero attached hydrogens (tertiary/aromatic N) is 1. The number of pyridine rings is 1. The van der Waals surface area contributed by atoms with E-state index in [4.69, 9.17) is 0 Å². The van der Waals surface area contributed by atoms with E-state index in [1.165, 1.54) is 11.1 Å². The third kappa shape index (κ3) is 2.55. The summed E-state index contributed by atoms with van der Waals surface area (Å²) in [4.78, 5) is 17.7. The molecular weight excluding hydrogens is 334 g/mol. The van der Waals surface area contributed by atoms with Crippen molar-refractivity contribution in [1.29, 1.82) is 0 Å². The lowest BCUT2D eigenvalue weighted by molar-refractivity contribution is -0.127. The zero-order valence-electron chi connectivity index (χ0n) is 15.7. The van der Waals surface area contributed by atoms with Crippen LogP contribution in [0.25, 0.3) is 6.08 Å². The van der Waals surface area contributed by atoms with Crippen molar-refractivity contribution >= 4 is 11.9 Å². The Morgan fingerprint density at radius 3 is 2.93 bits per heavy atom. The van der Waals surface area contributed by atoms with Crippen molar-refractivity contribution in [1.82, 2.24) is 4.98 Å². The minimum Gasteiger partial charge on any atom is -0.508 e. The van der Waals surface area contributed by atoms with Gasteiger partial charge >= 0.3 is 0 Å². The fraction of sp³-hybridized carbons (Fsp3) is 0.417. The summed E-state index contributed by atoms with van der Waals surface area (Å²) < 4.78 is 0. The van der Waals surface area contributed by atoms with Crippen LogP contribution in [0.4, 0.5) is 0 Å². The smallest absolute Gasteiger partial charge is 0.165 e. The molecule has 138 valence electrons. The van der Waals surface area contributed by atoms with Gasteiger partial charge in [0.2, 0.25) is 0 Å². The Labute approximate surface area is 160 Å². The minimum absolute atomic E-state index is 0.226. The molecule has 5 rings (SSSR count). The maximum atomic E-state index is 13.3. The van der Waals surface area contributed by atoms with Crippen molar-refractivity contribution in [2.24, 2.45) is 17.3 Å². The van der Waals surface area contributed by atoms with Gasteiger partial charge in [0.25, 0.3) is 0 Å². The molecule has 0 unspecified atom stereocenters. The summed E-state index contributed by atoms with van der Waals surface area (Å²) in [5.41, 5.74) is 4.31. The number of aromatic nitrogens is 1. The van der Waals surface area contributed by atoms with Gasteiger partial charge in [0, 0.05) is 11.6 Å². The first-order valence-electron chi connectivity index (χ1n) is 10.0. The Morgan fingerprint density at radius 2 is 2.11 bits per heavy atom. The monoisotopic (exact) mass is 359 g/mol. The van der Waals surface area contributed by atoms with E-state index in [2.05, 4.69) is 18.0 Å². The molecule has 0 aliphatic heterocycles. The Balaban J connectivity index is 1.50. The molecule has 1 heterocycles. The lowest BCUT2D eigenvalue weighted by Crippen LogP contribution is -2.42. The van der Waals surface area contributed by atoms with E-state index in [1.807, 2.05) is 36.4 Å². The predicted octanol–water partition coefficient (Wildman–Crippen LogP) is 4.91. The van der Waals surface area contributed by atoms with Gasteiger partial charge in [-0.05, 0) is 96.9 Å². The molecule has 27 heavy (non-hydrogen) atoms. The minimum atomic E-state index is -0.226. The first kappa shape index (κ1) is 16.7. The van der Waals surface area contributed by atoms with E-state index >= 15 is 0 Å². The lowest BCUT2D eigenvalue weighted by atomic mass is 9.55. The van der Waals surface area contributed by atoms with Crippen LogP contribution in [-0.2, 0) is 11.2 Å². The summed E-state index contributed by atoms with van der Waals surface area (Å²) in [6, 6.07) is 11.7. The molecule has 0 saturated heterocycles. The number of rotatable bonds is 1. The van der Waals surface area contributed by atoms with Gasteiger partial charge in [0.05, 0.1) is 5.69 Å². The number of ketones is 1. The summed E-state index contributed by atoms with van der Waals surface area (Å²) in [6.45, 7) is 2.20. The van der Waals surface area contributed by atoms with E-state index in [9.17, 15) is 9.90 Å². The summed E-state index contributed by atoms with van der Waals surface area (Å²) in [6.07, 6.45) is 8.81. The van der Waals surface area contributed by atoms with Crippen LogP contribution in [0.15, 0.2) is 48.2 Å². The van der Waals surface area contributed by atoms with Crippen LogP contribution in [0, 0.1) is 17.3 Å². The van der Waals surface area contributed by atoms with Gasteiger partial charge in [-0.3, -0.25) is 9.78 Å². The van der Waals surface area contributed by atoms with Crippen LogP contribution >= 0.6 is 0 Å². The number of allylic oxidation sites excluding steroid dienone is 1. The van der Waals surface area contributed by atoms with Gasteiger partial charge in [-0.25, -0.2) is 0 Å². The molecule has 3 aliphatic rings. The highest BCUT2D eigenvalue weighted by atomic mass is 16.3. The zero-order valence-corrected chi connectivity index (χ0v) is 15.7. The van der Waals surface area contributed by atoms with E-state index in [0.717, 1.165) is 43.4 Å². The lowest BCUT2D eigenvalue weighted by Gasteiger charge is -2.48. The van der Waals surface area contributed by atoms with E-state index < -0.39 is 0 Å². The first-order valence-corrected chi connectivity index (χ1v) is 10.0. The van der Waals surface area contributed by atoms with Crippen LogP contribution in [0.1, 0.15) is 55.3 Å². The Bertz CT molecular complexity index is 933. The first-order chi connectivity index (χ1) is 13.1. The number of hydrogen-bond donors (Lipinski definition) is 1. The second-order valence-corrected chi connectivity index (χ2v) is 8.71.